The van der Waals surface area contributed by atoms with E-state index in [-0.39, 0.29) is 16.5 Å². The second kappa shape index (κ2) is 9.69. The molecular weight excluding hydrogens is 470 g/mol. The Balaban J connectivity index is 1.50. The van der Waals surface area contributed by atoms with Crippen molar-refractivity contribution in [3.05, 3.63) is 84.4 Å². The number of aromatic nitrogens is 3. The van der Waals surface area contributed by atoms with Crippen molar-refractivity contribution in [3.63, 3.8) is 0 Å². The Kier molecular flexibility index (Phi) is 6.72. The predicted octanol–water partition coefficient (Wildman–Crippen LogP) is 4.03. The van der Waals surface area contributed by atoms with Crippen LogP contribution in [0, 0.1) is 11.6 Å². The van der Waals surface area contributed by atoms with Crippen LogP contribution in [0.1, 0.15) is 0 Å². The number of ether oxygens (including phenoxy) is 1. The van der Waals surface area contributed by atoms with Crippen LogP contribution < -0.4 is 9.88 Å². The second-order valence-electron chi connectivity index (χ2n) is 6.84. The summed E-state index contributed by atoms with van der Waals surface area (Å²) in [5, 5.41) is 14.1. The number of benzene rings is 3. The van der Waals surface area contributed by atoms with E-state index in [1.54, 1.807) is 28.8 Å². The van der Waals surface area contributed by atoms with Crippen LogP contribution in [0.4, 0.5) is 8.78 Å². The smallest absolute Gasteiger partial charge is 0.238 e. The van der Waals surface area contributed by atoms with Crippen LogP contribution in [-0.2, 0) is 10.0 Å². The molecule has 0 saturated heterocycles. The SMILES string of the molecule is NS(=O)(=O)c1ccc(OCCSc2nnc(-c3ccc(F)cc3)n2-c2ccc(F)cc2)cc1. The second-order valence-corrected chi connectivity index (χ2v) is 9.46. The van der Waals surface area contributed by atoms with Gasteiger partial charge in [-0.05, 0) is 72.8 Å². The van der Waals surface area contributed by atoms with E-state index in [0.717, 1.165) is 0 Å². The maximum atomic E-state index is 13.5. The van der Waals surface area contributed by atoms with Gasteiger partial charge in [0, 0.05) is 17.0 Å². The number of rotatable bonds is 8. The lowest BCUT2D eigenvalue weighted by Crippen LogP contribution is -2.11. The topological polar surface area (TPSA) is 100 Å². The van der Waals surface area contributed by atoms with Gasteiger partial charge in [-0.2, -0.15) is 0 Å². The third-order valence-electron chi connectivity index (χ3n) is 4.56. The van der Waals surface area contributed by atoms with Crippen LogP contribution in [0.3, 0.4) is 0 Å². The third kappa shape index (κ3) is 5.56. The first-order valence-electron chi connectivity index (χ1n) is 9.67. The molecule has 0 aliphatic carbocycles. The molecule has 0 fully saturated rings. The molecular formula is C22H18F2N4O3S2. The van der Waals surface area contributed by atoms with Gasteiger partial charge in [0.1, 0.15) is 17.4 Å². The minimum atomic E-state index is -3.76. The Hall–Kier alpha value is -3.28. The highest BCUT2D eigenvalue weighted by atomic mass is 32.2. The van der Waals surface area contributed by atoms with E-state index >= 15 is 0 Å². The summed E-state index contributed by atoms with van der Waals surface area (Å²) in [4.78, 5) is 0.00458. The van der Waals surface area contributed by atoms with Gasteiger partial charge in [0.05, 0.1) is 11.5 Å². The van der Waals surface area contributed by atoms with Gasteiger partial charge in [-0.1, -0.05) is 11.8 Å². The molecule has 0 spiro atoms. The first kappa shape index (κ1) is 22.9. The zero-order valence-corrected chi connectivity index (χ0v) is 18.7. The molecule has 7 nitrogen and oxygen atoms in total. The molecule has 0 aliphatic rings. The molecule has 4 rings (SSSR count). The Morgan fingerprint density at radius 2 is 1.48 bits per heavy atom. The van der Waals surface area contributed by atoms with Crippen molar-refractivity contribution in [3.8, 4) is 22.8 Å². The summed E-state index contributed by atoms with van der Waals surface area (Å²) in [5.74, 6) is 0.750. The molecule has 0 unspecified atom stereocenters. The van der Waals surface area contributed by atoms with E-state index in [0.29, 0.717) is 40.3 Å². The summed E-state index contributed by atoms with van der Waals surface area (Å²) in [6.07, 6.45) is 0. The van der Waals surface area contributed by atoms with Gasteiger partial charge in [-0.3, -0.25) is 4.57 Å². The average molecular weight is 489 g/mol. The molecule has 3 aromatic carbocycles. The minimum absolute atomic E-state index is 0.00458. The van der Waals surface area contributed by atoms with Crippen molar-refractivity contribution in [1.29, 1.82) is 0 Å². The molecule has 1 heterocycles. The highest BCUT2D eigenvalue weighted by Gasteiger charge is 2.16. The Labute approximate surface area is 193 Å². The maximum Gasteiger partial charge on any atom is 0.238 e. The summed E-state index contributed by atoms with van der Waals surface area (Å²) < 4.78 is 56.9. The first-order valence-corrected chi connectivity index (χ1v) is 12.2. The Morgan fingerprint density at radius 3 is 2.09 bits per heavy atom. The molecule has 1 aromatic heterocycles. The Bertz CT molecular complexity index is 1340. The molecule has 33 heavy (non-hydrogen) atoms. The predicted molar refractivity (Wildman–Crippen MR) is 121 cm³/mol. The molecule has 11 heteroatoms. The van der Waals surface area contributed by atoms with Crippen LogP contribution >= 0.6 is 11.8 Å². The quantitative estimate of drug-likeness (QED) is 0.297. The highest BCUT2D eigenvalue weighted by molar-refractivity contribution is 7.99. The van der Waals surface area contributed by atoms with Crippen LogP contribution in [0.2, 0.25) is 0 Å². The zero-order chi connectivity index (χ0) is 23.4. The molecule has 0 bridgehead atoms. The molecule has 0 radical (unpaired) electrons. The third-order valence-corrected chi connectivity index (χ3v) is 6.38. The van der Waals surface area contributed by atoms with Gasteiger partial charge in [0.2, 0.25) is 10.0 Å². The average Bonchev–Trinajstić information content (AvgIpc) is 3.21. The van der Waals surface area contributed by atoms with Crippen molar-refractivity contribution in [2.24, 2.45) is 5.14 Å². The number of nitrogens with zero attached hydrogens (tertiary/aromatic N) is 3. The van der Waals surface area contributed by atoms with Crippen LogP contribution in [0.15, 0.2) is 82.8 Å². The highest BCUT2D eigenvalue weighted by Crippen LogP contribution is 2.28. The fourth-order valence-electron chi connectivity index (χ4n) is 2.99. The van der Waals surface area contributed by atoms with Crippen molar-refractivity contribution >= 4 is 21.8 Å². The standard InChI is InChI=1S/C22H18F2N4O3S2/c23-16-3-1-15(2-4-16)21-26-27-22(28(21)18-7-5-17(24)6-8-18)32-14-13-31-19-9-11-20(12-10-19)33(25,29)30/h1-12H,13-14H2,(H2,25,29,30). The largest absolute Gasteiger partial charge is 0.493 e. The number of hydrogen-bond acceptors (Lipinski definition) is 6. The van der Waals surface area contributed by atoms with Crippen LogP contribution in [0.25, 0.3) is 17.1 Å². The molecule has 2 N–H and O–H groups in total. The molecule has 0 aliphatic heterocycles. The number of primary sulfonamides is 1. The van der Waals surface area contributed by atoms with Crippen LogP contribution in [-0.4, -0.2) is 35.5 Å². The van der Waals surface area contributed by atoms with Gasteiger partial charge >= 0.3 is 0 Å². The zero-order valence-electron chi connectivity index (χ0n) is 17.1. The monoisotopic (exact) mass is 488 g/mol. The summed E-state index contributed by atoms with van der Waals surface area (Å²) >= 11 is 1.37. The van der Waals surface area contributed by atoms with Crippen molar-refractivity contribution in [2.75, 3.05) is 12.4 Å². The molecule has 170 valence electrons. The molecule has 0 amide bonds. The van der Waals surface area contributed by atoms with Crippen molar-refractivity contribution in [1.82, 2.24) is 14.8 Å². The van der Waals surface area contributed by atoms with Crippen molar-refractivity contribution in [2.45, 2.75) is 10.1 Å². The maximum absolute atomic E-state index is 13.5. The van der Waals surface area contributed by atoms with Gasteiger partial charge in [0.25, 0.3) is 0 Å². The minimum Gasteiger partial charge on any atom is -0.493 e. The normalized spacial score (nSPS) is 11.5. The molecule has 4 aromatic rings. The first-order chi connectivity index (χ1) is 15.8. The lowest BCUT2D eigenvalue weighted by molar-refractivity contribution is 0.343. The molecule has 0 saturated carbocycles. The summed E-state index contributed by atoms with van der Waals surface area (Å²) in [6, 6.07) is 17.6. The van der Waals surface area contributed by atoms with Crippen molar-refractivity contribution < 1.29 is 21.9 Å². The van der Waals surface area contributed by atoms with Gasteiger partial charge in [-0.25, -0.2) is 22.3 Å². The Morgan fingerprint density at radius 1 is 0.879 bits per heavy atom. The van der Waals surface area contributed by atoms with Gasteiger partial charge < -0.3 is 4.74 Å². The number of sulfonamides is 1. The van der Waals surface area contributed by atoms with Gasteiger partial charge in [-0.15, -0.1) is 10.2 Å². The number of thioether (sulfide) groups is 1. The van der Waals surface area contributed by atoms with E-state index in [2.05, 4.69) is 10.2 Å². The van der Waals surface area contributed by atoms with E-state index in [1.165, 1.54) is 60.3 Å². The lowest BCUT2D eigenvalue weighted by Gasteiger charge is -2.11. The summed E-state index contributed by atoms with van der Waals surface area (Å²) in [6.45, 7) is 0.307. The summed E-state index contributed by atoms with van der Waals surface area (Å²) in [5.41, 5.74) is 1.31. The fourth-order valence-corrected chi connectivity index (χ4v) is 4.27. The fraction of sp³-hybridized carbons (Fsp3) is 0.0909. The summed E-state index contributed by atoms with van der Waals surface area (Å²) in [7, 11) is -3.76. The van der Waals surface area contributed by atoms with Gasteiger partial charge in [0.15, 0.2) is 11.0 Å². The van der Waals surface area contributed by atoms with E-state index in [4.69, 9.17) is 9.88 Å². The number of hydrogen-bond donors (Lipinski definition) is 1. The van der Waals surface area contributed by atoms with Crippen LogP contribution in [0.5, 0.6) is 5.75 Å². The lowest BCUT2D eigenvalue weighted by atomic mass is 10.2. The molecule has 0 atom stereocenters. The van der Waals surface area contributed by atoms with E-state index in [9.17, 15) is 17.2 Å². The van der Waals surface area contributed by atoms with E-state index < -0.39 is 10.0 Å². The number of nitrogens with two attached hydrogens (primary N) is 1. The van der Waals surface area contributed by atoms with E-state index in [1.807, 2.05) is 0 Å². The number of halogens is 2.